The number of fused-ring (bicyclic) bond motifs is 1. The van der Waals surface area contributed by atoms with E-state index in [2.05, 4.69) is 15.0 Å². The zero-order chi connectivity index (χ0) is 12.7. The highest BCUT2D eigenvalue weighted by Gasteiger charge is 2.13. The Bertz CT molecular complexity index is 722. The predicted molar refractivity (Wildman–Crippen MR) is 74.4 cm³/mol. The fraction of sp³-hybridized carbons (Fsp3) is 0. The van der Waals surface area contributed by atoms with E-state index in [1.54, 1.807) is 18.5 Å². The summed E-state index contributed by atoms with van der Waals surface area (Å²) < 4.78 is 0. The molecule has 0 atom stereocenters. The Balaban J connectivity index is 2.27. The van der Waals surface area contributed by atoms with Gasteiger partial charge < -0.3 is 4.98 Å². The Labute approximate surface area is 118 Å². The van der Waals surface area contributed by atoms with Crippen LogP contribution in [0.5, 0.6) is 0 Å². The first-order valence-corrected chi connectivity index (χ1v) is 6.24. The van der Waals surface area contributed by atoms with Crippen LogP contribution in [-0.4, -0.2) is 15.0 Å². The van der Waals surface area contributed by atoms with Crippen LogP contribution < -0.4 is 0 Å². The molecule has 2 heterocycles. The quantitative estimate of drug-likeness (QED) is 0.668. The van der Waals surface area contributed by atoms with Crippen molar-refractivity contribution in [2.45, 2.75) is 0 Å². The zero-order valence-corrected chi connectivity index (χ0v) is 11.2. The van der Waals surface area contributed by atoms with Crippen LogP contribution in [0.15, 0.2) is 30.6 Å². The summed E-state index contributed by atoms with van der Waals surface area (Å²) in [6.45, 7) is 0. The van der Waals surface area contributed by atoms with Gasteiger partial charge in [0.25, 0.3) is 0 Å². The number of hydrogen-bond acceptors (Lipinski definition) is 2. The second kappa shape index (κ2) is 4.43. The molecule has 0 amide bonds. The minimum Gasteiger partial charge on any atom is -0.338 e. The molecule has 3 rings (SSSR count). The molecule has 18 heavy (non-hydrogen) atoms. The van der Waals surface area contributed by atoms with E-state index in [4.69, 9.17) is 34.8 Å². The molecule has 3 aromatic rings. The number of pyridine rings is 1. The third-order valence-corrected chi connectivity index (χ3v) is 3.80. The van der Waals surface area contributed by atoms with Gasteiger partial charge in [-0.3, -0.25) is 4.98 Å². The van der Waals surface area contributed by atoms with Crippen molar-refractivity contribution in [3.63, 3.8) is 0 Å². The first kappa shape index (κ1) is 11.8. The van der Waals surface area contributed by atoms with E-state index in [9.17, 15) is 0 Å². The fourth-order valence-corrected chi connectivity index (χ4v) is 2.34. The largest absolute Gasteiger partial charge is 0.338 e. The number of halogens is 3. The molecule has 2 aromatic heterocycles. The standard InChI is InChI=1S/C12H6Cl3N3/c13-7-4-8-11(10(15)9(7)14)18-12(17-8)6-2-1-3-16-5-6/h1-5H,(H,17,18). The Morgan fingerprint density at radius 2 is 1.94 bits per heavy atom. The second-order valence-corrected chi connectivity index (χ2v) is 4.87. The lowest BCUT2D eigenvalue weighted by molar-refractivity contribution is 1.27. The van der Waals surface area contributed by atoms with Gasteiger partial charge in [0.05, 0.1) is 20.6 Å². The summed E-state index contributed by atoms with van der Waals surface area (Å²) in [4.78, 5) is 11.6. The van der Waals surface area contributed by atoms with Crippen molar-refractivity contribution in [2.75, 3.05) is 0 Å². The first-order chi connectivity index (χ1) is 8.66. The molecule has 90 valence electrons. The van der Waals surface area contributed by atoms with E-state index < -0.39 is 0 Å². The molecule has 6 heteroatoms. The number of nitrogens with zero attached hydrogens (tertiary/aromatic N) is 2. The Morgan fingerprint density at radius 1 is 1.11 bits per heavy atom. The van der Waals surface area contributed by atoms with E-state index in [1.165, 1.54) is 0 Å². The molecule has 1 N–H and O–H groups in total. The molecule has 0 bridgehead atoms. The number of imidazole rings is 1. The van der Waals surface area contributed by atoms with E-state index in [0.717, 1.165) is 11.1 Å². The molecule has 0 saturated carbocycles. The van der Waals surface area contributed by atoms with Gasteiger partial charge in [-0.2, -0.15) is 0 Å². The highest BCUT2D eigenvalue weighted by Crippen LogP contribution is 2.36. The van der Waals surface area contributed by atoms with Crippen LogP contribution in [0.3, 0.4) is 0 Å². The highest BCUT2D eigenvalue weighted by atomic mass is 35.5. The number of hydrogen-bond donors (Lipinski definition) is 1. The molecular weight excluding hydrogens is 293 g/mol. The lowest BCUT2D eigenvalue weighted by Crippen LogP contribution is -1.80. The van der Waals surface area contributed by atoms with Gasteiger partial charge in [-0.15, -0.1) is 0 Å². The van der Waals surface area contributed by atoms with Gasteiger partial charge in [0.2, 0.25) is 0 Å². The molecule has 0 spiro atoms. The van der Waals surface area contributed by atoms with Crippen LogP contribution >= 0.6 is 34.8 Å². The summed E-state index contributed by atoms with van der Waals surface area (Å²) >= 11 is 18.1. The predicted octanol–water partition coefficient (Wildman–Crippen LogP) is 4.59. The lowest BCUT2D eigenvalue weighted by Gasteiger charge is -1.98. The summed E-state index contributed by atoms with van der Waals surface area (Å²) in [5, 5.41) is 1.07. The van der Waals surface area contributed by atoms with Gasteiger partial charge >= 0.3 is 0 Å². The van der Waals surface area contributed by atoms with Crippen LogP contribution in [0.2, 0.25) is 15.1 Å². The average molecular weight is 299 g/mol. The summed E-state index contributed by atoms with van der Waals surface area (Å²) in [7, 11) is 0. The molecular formula is C12H6Cl3N3. The number of aromatic nitrogens is 3. The average Bonchev–Trinajstić information content (AvgIpc) is 2.81. The van der Waals surface area contributed by atoms with Crippen LogP contribution in [0.4, 0.5) is 0 Å². The monoisotopic (exact) mass is 297 g/mol. The van der Waals surface area contributed by atoms with Crippen LogP contribution in [-0.2, 0) is 0 Å². The smallest absolute Gasteiger partial charge is 0.140 e. The zero-order valence-electron chi connectivity index (χ0n) is 8.92. The summed E-state index contributed by atoms with van der Waals surface area (Å²) in [6.07, 6.45) is 3.42. The van der Waals surface area contributed by atoms with Crippen LogP contribution in [0.25, 0.3) is 22.4 Å². The van der Waals surface area contributed by atoms with Crippen molar-refractivity contribution < 1.29 is 0 Å². The number of H-pyrrole nitrogens is 1. The SMILES string of the molecule is Clc1cc2[nH]c(-c3cccnc3)nc2c(Cl)c1Cl. The summed E-state index contributed by atoms with van der Waals surface area (Å²) in [6, 6.07) is 5.45. The number of benzene rings is 1. The van der Waals surface area contributed by atoms with Crippen LogP contribution in [0, 0.1) is 0 Å². The lowest BCUT2D eigenvalue weighted by atomic mass is 10.3. The maximum atomic E-state index is 6.12. The van der Waals surface area contributed by atoms with Crippen molar-refractivity contribution in [1.82, 2.24) is 15.0 Å². The van der Waals surface area contributed by atoms with Crippen molar-refractivity contribution in [1.29, 1.82) is 0 Å². The number of rotatable bonds is 1. The van der Waals surface area contributed by atoms with Gasteiger partial charge in [0.15, 0.2) is 0 Å². The minimum atomic E-state index is 0.315. The molecule has 0 unspecified atom stereocenters. The Morgan fingerprint density at radius 3 is 2.67 bits per heavy atom. The van der Waals surface area contributed by atoms with Crippen molar-refractivity contribution in [3.8, 4) is 11.4 Å². The third-order valence-electron chi connectivity index (χ3n) is 2.55. The second-order valence-electron chi connectivity index (χ2n) is 3.71. The van der Waals surface area contributed by atoms with Crippen molar-refractivity contribution in [3.05, 3.63) is 45.7 Å². The minimum absolute atomic E-state index is 0.315. The number of nitrogens with one attached hydrogen (secondary N) is 1. The molecule has 0 aliphatic rings. The van der Waals surface area contributed by atoms with Crippen LogP contribution in [0.1, 0.15) is 0 Å². The molecule has 0 saturated heterocycles. The highest BCUT2D eigenvalue weighted by molar-refractivity contribution is 6.50. The van der Waals surface area contributed by atoms with E-state index in [1.807, 2.05) is 12.1 Å². The molecule has 0 fully saturated rings. The molecule has 0 radical (unpaired) electrons. The molecule has 1 aromatic carbocycles. The van der Waals surface area contributed by atoms with E-state index in [0.29, 0.717) is 26.4 Å². The Kier molecular flexibility index (Phi) is 2.90. The Hall–Kier alpha value is -1.29. The van der Waals surface area contributed by atoms with Crippen molar-refractivity contribution in [2.24, 2.45) is 0 Å². The fourth-order valence-electron chi connectivity index (χ4n) is 1.70. The van der Waals surface area contributed by atoms with Gasteiger partial charge in [0, 0.05) is 18.0 Å². The van der Waals surface area contributed by atoms with Crippen molar-refractivity contribution >= 4 is 45.8 Å². The van der Waals surface area contributed by atoms with Gasteiger partial charge in [-0.1, -0.05) is 34.8 Å². The third kappa shape index (κ3) is 1.85. The molecule has 0 aliphatic heterocycles. The van der Waals surface area contributed by atoms with Gasteiger partial charge in [-0.25, -0.2) is 4.98 Å². The topological polar surface area (TPSA) is 41.6 Å². The summed E-state index contributed by atoms with van der Waals surface area (Å²) in [5.41, 5.74) is 2.22. The normalized spacial score (nSPS) is 11.1. The summed E-state index contributed by atoms with van der Waals surface area (Å²) in [5.74, 6) is 0.679. The maximum Gasteiger partial charge on any atom is 0.140 e. The number of aromatic amines is 1. The maximum absolute atomic E-state index is 6.12. The van der Waals surface area contributed by atoms with E-state index in [-0.39, 0.29) is 0 Å². The molecule has 3 nitrogen and oxygen atoms in total. The molecule has 0 aliphatic carbocycles. The van der Waals surface area contributed by atoms with E-state index >= 15 is 0 Å². The van der Waals surface area contributed by atoms with Gasteiger partial charge in [0.1, 0.15) is 11.3 Å². The first-order valence-electron chi connectivity index (χ1n) is 5.10. The van der Waals surface area contributed by atoms with Gasteiger partial charge in [-0.05, 0) is 18.2 Å².